The molecule has 1 heterocycles. The Bertz CT molecular complexity index is 961. The molecule has 7 heteroatoms. The Hall–Kier alpha value is -3.22. The van der Waals surface area contributed by atoms with Gasteiger partial charge in [0, 0.05) is 36.8 Å². The van der Waals surface area contributed by atoms with Gasteiger partial charge in [0.1, 0.15) is 5.82 Å². The molecule has 3 amide bonds. The molecule has 0 aliphatic carbocycles. The Morgan fingerprint density at radius 3 is 2.59 bits per heavy atom. The summed E-state index contributed by atoms with van der Waals surface area (Å²) in [4.78, 5) is 39.4. The van der Waals surface area contributed by atoms with Gasteiger partial charge in [0.15, 0.2) is 0 Å². The van der Waals surface area contributed by atoms with Gasteiger partial charge in [-0.05, 0) is 68.1 Å². The Morgan fingerprint density at radius 1 is 1.12 bits per heavy atom. The molecular formula is C25H30FN3O3. The van der Waals surface area contributed by atoms with Crippen LogP contribution in [0.15, 0.2) is 48.5 Å². The summed E-state index contributed by atoms with van der Waals surface area (Å²) in [6, 6.07) is 12.8. The summed E-state index contributed by atoms with van der Waals surface area (Å²) in [5.41, 5.74) is 1.82. The van der Waals surface area contributed by atoms with Gasteiger partial charge in [-0.25, -0.2) is 4.39 Å². The summed E-state index contributed by atoms with van der Waals surface area (Å²) >= 11 is 0. The number of benzene rings is 2. The molecule has 6 nitrogen and oxygen atoms in total. The van der Waals surface area contributed by atoms with E-state index in [1.165, 1.54) is 24.3 Å². The average molecular weight is 440 g/mol. The van der Waals surface area contributed by atoms with E-state index in [0.29, 0.717) is 37.2 Å². The maximum absolute atomic E-state index is 13.1. The monoisotopic (exact) mass is 439 g/mol. The van der Waals surface area contributed by atoms with Gasteiger partial charge in [-0.1, -0.05) is 19.1 Å². The molecule has 0 radical (unpaired) electrons. The van der Waals surface area contributed by atoms with Crippen LogP contribution in [0.1, 0.15) is 59.4 Å². The summed E-state index contributed by atoms with van der Waals surface area (Å²) in [7, 11) is 0. The predicted molar refractivity (Wildman–Crippen MR) is 121 cm³/mol. The van der Waals surface area contributed by atoms with E-state index in [1.807, 2.05) is 19.9 Å². The van der Waals surface area contributed by atoms with Crippen molar-refractivity contribution in [1.29, 1.82) is 0 Å². The Kier molecular flexibility index (Phi) is 7.98. The van der Waals surface area contributed by atoms with Crippen molar-refractivity contribution in [2.45, 2.75) is 45.7 Å². The zero-order valence-corrected chi connectivity index (χ0v) is 18.6. The van der Waals surface area contributed by atoms with E-state index in [4.69, 9.17) is 0 Å². The van der Waals surface area contributed by atoms with E-state index in [1.54, 1.807) is 23.1 Å². The average Bonchev–Trinajstić information content (AvgIpc) is 2.82. The van der Waals surface area contributed by atoms with E-state index < -0.39 is 0 Å². The van der Waals surface area contributed by atoms with Crippen LogP contribution in [0.3, 0.4) is 0 Å². The largest absolute Gasteiger partial charge is 0.352 e. The molecular weight excluding hydrogens is 409 g/mol. The highest BCUT2D eigenvalue weighted by molar-refractivity contribution is 5.95. The number of hydrogen-bond acceptors (Lipinski definition) is 3. The number of hydrogen-bond donors (Lipinski definition) is 2. The van der Waals surface area contributed by atoms with Crippen LogP contribution in [0.25, 0.3) is 0 Å². The smallest absolute Gasteiger partial charge is 0.253 e. The van der Waals surface area contributed by atoms with Crippen LogP contribution in [-0.4, -0.2) is 41.8 Å². The molecule has 2 unspecified atom stereocenters. The highest BCUT2D eigenvalue weighted by Crippen LogP contribution is 2.19. The Labute approximate surface area is 188 Å². The van der Waals surface area contributed by atoms with Crippen molar-refractivity contribution in [3.63, 3.8) is 0 Å². The summed E-state index contributed by atoms with van der Waals surface area (Å²) in [6.45, 7) is 5.19. The fourth-order valence-corrected chi connectivity index (χ4v) is 3.72. The second-order valence-corrected chi connectivity index (χ2v) is 8.30. The zero-order valence-electron chi connectivity index (χ0n) is 18.6. The number of nitrogens with one attached hydrogen (secondary N) is 2. The zero-order chi connectivity index (χ0) is 23.1. The number of nitrogens with zero attached hydrogens (tertiary/aromatic N) is 1. The van der Waals surface area contributed by atoms with Crippen LogP contribution >= 0.6 is 0 Å². The topological polar surface area (TPSA) is 78.5 Å². The van der Waals surface area contributed by atoms with E-state index in [-0.39, 0.29) is 35.5 Å². The molecule has 3 rings (SSSR count). The van der Waals surface area contributed by atoms with Crippen molar-refractivity contribution in [3.8, 4) is 0 Å². The number of carbonyl (C=O) groups is 3. The van der Waals surface area contributed by atoms with Gasteiger partial charge in [0.05, 0.1) is 5.92 Å². The fraction of sp³-hybridized carbons (Fsp3) is 0.400. The molecule has 0 saturated carbocycles. The minimum atomic E-state index is -0.390. The van der Waals surface area contributed by atoms with Crippen LogP contribution in [0, 0.1) is 11.7 Å². The van der Waals surface area contributed by atoms with Crippen molar-refractivity contribution in [2.75, 3.05) is 13.1 Å². The molecule has 2 aromatic carbocycles. The van der Waals surface area contributed by atoms with Gasteiger partial charge < -0.3 is 15.5 Å². The number of rotatable bonds is 7. The highest BCUT2D eigenvalue weighted by atomic mass is 19.1. The third-order valence-corrected chi connectivity index (χ3v) is 5.82. The SMILES string of the molecule is CCC(C)NC(=O)c1cccc(CNC(=O)C2CCCN(C(=O)c3ccc(F)cc3)C2)c1. The fourth-order valence-electron chi connectivity index (χ4n) is 3.72. The quantitative estimate of drug-likeness (QED) is 0.693. The van der Waals surface area contributed by atoms with Crippen molar-refractivity contribution < 1.29 is 18.8 Å². The Morgan fingerprint density at radius 2 is 1.88 bits per heavy atom. The Balaban J connectivity index is 1.55. The van der Waals surface area contributed by atoms with Gasteiger partial charge in [0.25, 0.3) is 11.8 Å². The minimum absolute atomic E-state index is 0.0951. The molecule has 32 heavy (non-hydrogen) atoms. The van der Waals surface area contributed by atoms with E-state index in [2.05, 4.69) is 10.6 Å². The normalized spacial score (nSPS) is 16.8. The van der Waals surface area contributed by atoms with Crippen LogP contribution in [0.4, 0.5) is 4.39 Å². The third kappa shape index (κ3) is 6.15. The van der Waals surface area contributed by atoms with Gasteiger partial charge in [0.2, 0.25) is 5.91 Å². The lowest BCUT2D eigenvalue weighted by Gasteiger charge is -2.32. The summed E-state index contributed by atoms with van der Waals surface area (Å²) < 4.78 is 13.1. The molecule has 1 saturated heterocycles. The molecule has 2 atom stereocenters. The first-order valence-corrected chi connectivity index (χ1v) is 11.1. The van der Waals surface area contributed by atoms with Crippen molar-refractivity contribution in [2.24, 2.45) is 5.92 Å². The van der Waals surface area contributed by atoms with E-state index >= 15 is 0 Å². The lowest BCUT2D eigenvalue weighted by Crippen LogP contribution is -2.45. The van der Waals surface area contributed by atoms with Crippen LogP contribution in [-0.2, 0) is 11.3 Å². The number of piperidine rings is 1. The third-order valence-electron chi connectivity index (χ3n) is 5.82. The van der Waals surface area contributed by atoms with Crippen molar-refractivity contribution in [1.82, 2.24) is 15.5 Å². The number of halogens is 1. The molecule has 1 fully saturated rings. The standard InChI is InChI=1S/C25H30FN3O3/c1-3-17(2)28-24(31)20-7-4-6-18(14-20)15-27-23(30)21-8-5-13-29(16-21)25(32)19-9-11-22(26)12-10-19/h4,6-7,9-12,14,17,21H,3,5,8,13,15-16H2,1-2H3,(H,27,30)(H,28,31). The number of likely N-dealkylation sites (tertiary alicyclic amines) is 1. The number of amides is 3. The summed E-state index contributed by atoms with van der Waals surface area (Å²) in [6.07, 6.45) is 2.29. The first kappa shape index (κ1) is 23.4. The van der Waals surface area contributed by atoms with Crippen LogP contribution < -0.4 is 10.6 Å². The summed E-state index contributed by atoms with van der Waals surface area (Å²) in [5.74, 6) is -1.13. The van der Waals surface area contributed by atoms with Gasteiger partial charge >= 0.3 is 0 Å². The predicted octanol–water partition coefficient (Wildman–Crippen LogP) is 3.52. The van der Waals surface area contributed by atoms with E-state index in [0.717, 1.165) is 18.4 Å². The maximum Gasteiger partial charge on any atom is 0.253 e. The lowest BCUT2D eigenvalue weighted by atomic mass is 9.96. The maximum atomic E-state index is 13.1. The highest BCUT2D eigenvalue weighted by Gasteiger charge is 2.28. The van der Waals surface area contributed by atoms with Crippen LogP contribution in [0.2, 0.25) is 0 Å². The second kappa shape index (κ2) is 10.9. The second-order valence-electron chi connectivity index (χ2n) is 8.30. The molecule has 0 aromatic heterocycles. The minimum Gasteiger partial charge on any atom is -0.352 e. The first-order valence-electron chi connectivity index (χ1n) is 11.1. The number of carbonyl (C=O) groups excluding carboxylic acids is 3. The molecule has 0 bridgehead atoms. The lowest BCUT2D eigenvalue weighted by molar-refractivity contribution is -0.126. The molecule has 1 aliphatic heterocycles. The first-order chi connectivity index (χ1) is 15.4. The molecule has 2 aromatic rings. The van der Waals surface area contributed by atoms with Crippen LogP contribution in [0.5, 0.6) is 0 Å². The van der Waals surface area contributed by atoms with Crippen molar-refractivity contribution in [3.05, 3.63) is 71.0 Å². The van der Waals surface area contributed by atoms with Gasteiger partial charge in [-0.3, -0.25) is 14.4 Å². The van der Waals surface area contributed by atoms with Gasteiger partial charge in [-0.15, -0.1) is 0 Å². The molecule has 0 spiro atoms. The molecule has 1 aliphatic rings. The van der Waals surface area contributed by atoms with Crippen molar-refractivity contribution >= 4 is 17.7 Å². The van der Waals surface area contributed by atoms with Gasteiger partial charge in [-0.2, -0.15) is 0 Å². The molecule has 170 valence electrons. The molecule has 2 N–H and O–H groups in total. The summed E-state index contributed by atoms with van der Waals surface area (Å²) in [5, 5.41) is 5.87. The van der Waals surface area contributed by atoms with E-state index in [9.17, 15) is 18.8 Å².